The lowest BCUT2D eigenvalue weighted by Gasteiger charge is -2.12. The van der Waals surface area contributed by atoms with Gasteiger partial charge in [-0.3, -0.25) is 0 Å². The molecule has 7 heteroatoms. The molecule has 1 aromatic carbocycles. The van der Waals surface area contributed by atoms with E-state index in [1.54, 1.807) is 20.4 Å². The molecule has 0 aliphatic rings. The van der Waals surface area contributed by atoms with E-state index in [4.69, 9.17) is 9.47 Å². The molecule has 0 aliphatic carbocycles. The van der Waals surface area contributed by atoms with Gasteiger partial charge in [-0.15, -0.1) is 0 Å². The average Bonchev–Trinajstić information content (AvgIpc) is 2.96. The van der Waals surface area contributed by atoms with E-state index in [0.717, 1.165) is 43.5 Å². The molecule has 0 aliphatic heterocycles. The van der Waals surface area contributed by atoms with Crippen molar-refractivity contribution in [3.63, 3.8) is 0 Å². The van der Waals surface area contributed by atoms with Crippen LogP contribution in [0.1, 0.15) is 16.8 Å². The van der Waals surface area contributed by atoms with Crippen LogP contribution in [0, 0.1) is 19.1 Å². The zero-order chi connectivity index (χ0) is 17.3. The lowest BCUT2D eigenvalue weighted by atomic mass is 10.1. The minimum Gasteiger partial charge on any atom is -0.618 e. The van der Waals surface area contributed by atoms with E-state index in [0.29, 0.717) is 11.4 Å². The lowest BCUT2D eigenvalue weighted by Crippen LogP contribution is -2.33. The monoisotopic (exact) mass is 345 g/mol. The number of methoxy groups -OCH3 is 2. The van der Waals surface area contributed by atoms with Gasteiger partial charge in [-0.25, -0.2) is 4.98 Å². The number of thioether (sulfide) groups is 1. The van der Waals surface area contributed by atoms with E-state index in [1.165, 1.54) is 11.8 Å². The first-order valence-corrected chi connectivity index (χ1v) is 8.44. The maximum atomic E-state index is 12.2. The van der Waals surface area contributed by atoms with Crippen molar-refractivity contribution >= 4 is 22.8 Å². The van der Waals surface area contributed by atoms with E-state index in [-0.39, 0.29) is 0 Å². The molecule has 0 saturated heterocycles. The summed E-state index contributed by atoms with van der Waals surface area (Å²) in [6.07, 6.45) is 1.55. The number of benzene rings is 1. The van der Waals surface area contributed by atoms with Crippen LogP contribution in [0.5, 0.6) is 11.5 Å². The van der Waals surface area contributed by atoms with Gasteiger partial charge in [0.25, 0.3) is 0 Å². The van der Waals surface area contributed by atoms with Crippen LogP contribution in [0.4, 0.5) is 0 Å². The molecule has 0 atom stereocenters. The van der Waals surface area contributed by atoms with Crippen molar-refractivity contribution in [2.24, 2.45) is 0 Å². The molecule has 1 N–H and O–H groups in total. The highest BCUT2D eigenvalue weighted by atomic mass is 32.2. The van der Waals surface area contributed by atoms with E-state index in [1.807, 2.05) is 32.0 Å². The first-order valence-electron chi connectivity index (χ1n) is 7.46. The second kappa shape index (κ2) is 6.60. The van der Waals surface area contributed by atoms with Crippen molar-refractivity contribution in [1.29, 1.82) is 0 Å². The van der Waals surface area contributed by atoms with Crippen LogP contribution >= 0.6 is 11.8 Å². The van der Waals surface area contributed by atoms with Gasteiger partial charge in [0.15, 0.2) is 11.4 Å². The van der Waals surface area contributed by atoms with Crippen molar-refractivity contribution in [2.45, 2.75) is 24.8 Å². The van der Waals surface area contributed by atoms with Gasteiger partial charge in [-0.05, 0) is 26.0 Å². The number of aromatic amines is 1. The summed E-state index contributed by atoms with van der Waals surface area (Å²) in [7, 11) is 3.25. The number of aromatic nitrogens is 3. The molecule has 0 bridgehead atoms. The molecule has 2 aromatic heterocycles. The van der Waals surface area contributed by atoms with Gasteiger partial charge >= 0.3 is 0 Å². The van der Waals surface area contributed by atoms with Crippen molar-refractivity contribution in [1.82, 2.24) is 9.97 Å². The highest BCUT2D eigenvalue weighted by molar-refractivity contribution is 7.98. The standard InChI is InChI=1S/C17H19N3O3S/c1-10-8-20(21)15(11(2)16(10)23-4)9-24-17-18-13-6-5-12(22-3)7-14(13)19-17/h5-8H,9H2,1-4H3,(H,18,19). The third-order valence-electron chi connectivity index (χ3n) is 3.93. The van der Waals surface area contributed by atoms with Gasteiger partial charge in [-0.1, -0.05) is 11.8 Å². The first-order chi connectivity index (χ1) is 11.5. The molecular formula is C17H19N3O3S. The third-order valence-corrected chi connectivity index (χ3v) is 4.81. The Morgan fingerprint density at radius 2 is 2.04 bits per heavy atom. The molecule has 0 radical (unpaired) electrons. The van der Waals surface area contributed by atoms with Crippen LogP contribution in [0.25, 0.3) is 11.0 Å². The summed E-state index contributed by atoms with van der Waals surface area (Å²) >= 11 is 1.48. The number of hydrogen-bond acceptors (Lipinski definition) is 5. The number of rotatable bonds is 5. The van der Waals surface area contributed by atoms with Crippen molar-refractivity contribution < 1.29 is 14.2 Å². The average molecular weight is 345 g/mol. The summed E-state index contributed by atoms with van der Waals surface area (Å²) in [5.41, 5.74) is 4.13. The number of hydrogen-bond donors (Lipinski definition) is 1. The predicted molar refractivity (Wildman–Crippen MR) is 93.6 cm³/mol. The Labute approximate surface area is 144 Å². The number of imidazole rings is 1. The van der Waals surface area contributed by atoms with Crippen molar-refractivity contribution in [3.05, 3.63) is 46.4 Å². The van der Waals surface area contributed by atoms with Crippen LogP contribution in [0.3, 0.4) is 0 Å². The number of fused-ring (bicyclic) bond motifs is 1. The fourth-order valence-corrected chi connectivity index (χ4v) is 3.65. The number of pyridine rings is 1. The maximum Gasteiger partial charge on any atom is 0.209 e. The summed E-state index contributed by atoms with van der Waals surface area (Å²) in [6, 6.07) is 5.69. The molecule has 2 heterocycles. The molecule has 24 heavy (non-hydrogen) atoms. The summed E-state index contributed by atoms with van der Waals surface area (Å²) in [4.78, 5) is 7.79. The molecule has 6 nitrogen and oxygen atoms in total. The molecule has 3 rings (SSSR count). The zero-order valence-corrected chi connectivity index (χ0v) is 14.9. The topological polar surface area (TPSA) is 74.1 Å². The quantitative estimate of drug-likeness (QED) is 0.437. The fraction of sp³-hybridized carbons (Fsp3) is 0.294. The summed E-state index contributed by atoms with van der Waals surface area (Å²) in [5.74, 6) is 2.03. The van der Waals surface area contributed by atoms with Crippen LogP contribution < -0.4 is 14.2 Å². The molecule has 0 fully saturated rings. The molecular weight excluding hydrogens is 326 g/mol. The number of H-pyrrole nitrogens is 1. The van der Waals surface area contributed by atoms with Crippen LogP contribution in [0.15, 0.2) is 29.6 Å². The minimum absolute atomic E-state index is 0.503. The Balaban J connectivity index is 1.86. The van der Waals surface area contributed by atoms with E-state index >= 15 is 0 Å². The van der Waals surface area contributed by atoms with Crippen LogP contribution in [0.2, 0.25) is 0 Å². The van der Waals surface area contributed by atoms with E-state index in [9.17, 15) is 5.21 Å². The third kappa shape index (κ3) is 2.99. The Bertz CT molecular complexity index is 892. The molecule has 0 saturated carbocycles. The highest BCUT2D eigenvalue weighted by Crippen LogP contribution is 2.29. The number of ether oxygens (including phenoxy) is 2. The van der Waals surface area contributed by atoms with Crippen LogP contribution in [-0.4, -0.2) is 24.2 Å². The van der Waals surface area contributed by atoms with Gasteiger partial charge < -0.3 is 19.7 Å². The van der Waals surface area contributed by atoms with Gasteiger partial charge in [0.2, 0.25) is 5.69 Å². The van der Waals surface area contributed by atoms with Gasteiger partial charge in [0.05, 0.1) is 42.1 Å². The molecule has 0 amide bonds. The number of aryl methyl sites for hydroxylation is 1. The Morgan fingerprint density at radius 1 is 1.25 bits per heavy atom. The second-order valence-corrected chi connectivity index (χ2v) is 6.42. The van der Waals surface area contributed by atoms with Gasteiger partial charge in [0.1, 0.15) is 11.5 Å². The van der Waals surface area contributed by atoms with E-state index in [2.05, 4.69) is 9.97 Å². The Morgan fingerprint density at radius 3 is 2.75 bits per heavy atom. The molecule has 0 unspecified atom stereocenters. The Kier molecular flexibility index (Phi) is 4.53. The maximum absolute atomic E-state index is 12.2. The highest BCUT2D eigenvalue weighted by Gasteiger charge is 2.18. The van der Waals surface area contributed by atoms with Crippen molar-refractivity contribution in [3.8, 4) is 11.5 Å². The van der Waals surface area contributed by atoms with E-state index < -0.39 is 0 Å². The number of nitrogens with zero attached hydrogens (tertiary/aromatic N) is 2. The smallest absolute Gasteiger partial charge is 0.209 e. The minimum atomic E-state index is 0.503. The zero-order valence-electron chi connectivity index (χ0n) is 14.0. The van der Waals surface area contributed by atoms with Gasteiger partial charge in [-0.2, -0.15) is 4.73 Å². The summed E-state index contributed by atoms with van der Waals surface area (Å²) in [6.45, 7) is 3.77. The lowest BCUT2D eigenvalue weighted by molar-refractivity contribution is -0.613. The van der Waals surface area contributed by atoms with Crippen LogP contribution in [-0.2, 0) is 5.75 Å². The summed E-state index contributed by atoms with van der Waals surface area (Å²) in [5, 5.41) is 13.0. The fourth-order valence-electron chi connectivity index (χ4n) is 2.68. The second-order valence-electron chi connectivity index (χ2n) is 5.46. The van der Waals surface area contributed by atoms with Crippen molar-refractivity contribution in [2.75, 3.05) is 14.2 Å². The SMILES string of the molecule is COc1ccc2[nH]c(SCc3c(C)c(OC)c(C)c[n+]3[O-])nc2c1. The van der Waals surface area contributed by atoms with Gasteiger partial charge in [0, 0.05) is 6.07 Å². The normalized spacial score (nSPS) is 11.0. The molecule has 126 valence electrons. The molecule has 3 aromatic rings. The largest absolute Gasteiger partial charge is 0.618 e. The first kappa shape index (κ1) is 16.4. The summed E-state index contributed by atoms with van der Waals surface area (Å²) < 4.78 is 11.5. The number of nitrogens with one attached hydrogen (secondary N) is 1. The molecule has 0 spiro atoms. The Hall–Kier alpha value is -2.41. The predicted octanol–water partition coefficient (Wildman–Crippen LogP) is 3.12.